The predicted molar refractivity (Wildman–Crippen MR) is 59.6 cm³/mol. The van der Waals surface area contributed by atoms with Crippen LogP contribution in [-0.2, 0) is 4.74 Å². The zero-order chi connectivity index (χ0) is 10.2. The Hall–Kier alpha value is -0.120. The molecule has 2 unspecified atom stereocenters. The summed E-state index contributed by atoms with van der Waals surface area (Å²) in [6, 6.07) is 0.501. The van der Waals surface area contributed by atoms with Crippen LogP contribution in [0.15, 0.2) is 0 Å². The van der Waals surface area contributed by atoms with Crippen LogP contribution >= 0.6 is 0 Å². The fraction of sp³-hybridized carbons (Fsp3) is 1.00. The van der Waals surface area contributed by atoms with Crippen molar-refractivity contribution in [2.24, 2.45) is 0 Å². The molecular formula is C11H24N2O. The van der Waals surface area contributed by atoms with Gasteiger partial charge in [-0.3, -0.25) is 0 Å². The number of rotatable bonds is 7. The highest BCUT2D eigenvalue weighted by Crippen LogP contribution is 2.14. The molecule has 3 nitrogen and oxygen atoms in total. The molecule has 84 valence electrons. The van der Waals surface area contributed by atoms with Gasteiger partial charge in [-0.2, -0.15) is 0 Å². The molecule has 0 aromatic rings. The third kappa shape index (κ3) is 4.40. The molecule has 2 atom stereocenters. The summed E-state index contributed by atoms with van der Waals surface area (Å²) in [6.07, 6.45) is 4.10. The summed E-state index contributed by atoms with van der Waals surface area (Å²) in [5.41, 5.74) is 0. The van der Waals surface area contributed by atoms with Crippen LogP contribution in [0.1, 0.15) is 33.1 Å². The van der Waals surface area contributed by atoms with Crippen molar-refractivity contribution >= 4 is 0 Å². The van der Waals surface area contributed by atoms with Crippen LogP contribution in [0.2, 0.25) is 0 Å². The molecule has 1 heterocycles. The van der Waals surface area contributed by atoms with Crippen molar-refractivity contribution in [3.63, 3.8) is 0 Å². The second-order valence-electron chi connectivity index (χ2n) is 4.04. The van der Waals surface area contributed by atoms with Crippen molar-refractivity contribution in [1.82, 2.24) is 10.6 Å². The van der Waals surface area contributed by atoms with Crippen molar-refractivity contribution in [3.05, 3.63) is 0 Å². The maximum Gasteiger partial charge on any atom is 0.0726 e. The summed E-state index contributed by atoms with van der Waals surface area (Å²) in [4.78, 5) is 0. The minimum absolute atomic E-state index is 0.446. The fourth-order valence-corrected chi connectivity index (χ4v) is 1.82. The molecule has 0 saturated carbocycles. The van der Waals surface area contributed by atoms with Gasteiger partial charge in [0.25, 0.3) is 0 Å². The Balaban J connectivity index is 1.94. The first kappa shape index (κ1) is 12.0. The van der Waals surface area contributed by atoms with Crippen molar-refractivity contribution in [3.8, 4) is 0 Å². The zero-order valence-electron chi connectivity index (χ0n) is 9.51. The third-order valence-corrected chi connectivity index (χ3v) is 2.72. The quantitative estimate of drug-likeness (QED) is 0.605. The minimum Gasteiger partial charge on any atom is -0.377 e. The van der Waals surface area contributed by atoms with Crippen LogP contribution in [0.25, 0.3) is 0 Å². The van der Waals surface area contributed by atoms with Crippen molar-refractivity contribution in [1.29, 1.82) is 0 Å². The molecule has 0 aliphatic carbocycles. The second-order valence-corrected chi connectivity index (χ2v) is 4.04. The minimum atomic E-state index is 0.446. The van der Waals surface area contributed by atoms with Crippen molar-refractivity contribution < 1.29 is 4.74 Å². The first-order chi connectivity index (χ1) is 6.84. The Labute approximate surface area is 87.6 Å². The molecular weight excluding hydrogens is 176 g/mol. The summed E-state index contributed by atoms with van der Waals surface area (Å²) in [5.74, 6) is 0. The lowest BCUT2D eigenvalue weighted by molar-refractivity contribution is 0.0839. The smallest absolute Gasteiger partial charge is 0.0726 e. The lowest BCUT2D eigenvalue weighted by Crippen LogP contribution is -2.40. The van der Waals surface area contributed by atoms with Gasteiger partial charge in [0.1, 0.15) is 0 Å². The fourth-order valence-electron chi connectivity index (χ4n) is 1.82. The standard InChI is InChI=1S/C11H24N2O/c1-3-6-12-7-8-13-10(2)11-5-4-9-14-11/h10-13H,3-9H2,1-2H3. The Morgan fingerprint density at radius 2 is 2.21 bits per heavy atom. The van der Waals surface area contributed by atoms with Gasteiger partial charge in [0, 0.05) is 25.7 Å². The molecule has 1 aliphatic rings. The molecule has 0 aromatic heterocycles. The lowest BCUT2D eigenvalue weighted by Gasteiger charge is -2.20. The molecule has 2 N–H and O–H groups in total. The Kier molecular flexibility index (Phi) is 6.15. The van der Waals surface area contributed by atoms with Gasteiger partial charge in [0.15, 0.2) is 0 Å². The molecule has 1 saturated heterocycles. The molecule has 0 amide bonds. The summed E-state index contributed by atoms with van der Waals surface area (Å²) in [6.45, 7) is 8.58. The van der Waals surface area contributed by atoms with Gasteiger partial charge < -0.3 is 15.4 Å². The molecule has 1 aliphatic heterocycles. The molecule has 1 fully saturated rings. The largest absolute Gasteiger partial charge is 0.377 e. The van der Waals surface area contributed by atoms with E-state index in [1.165, 1.54) is 19.3 Å². The monoisotopic (exact) mass is 200 g/mol. The Bertz CT molecular complexity index is 135. The molecule has 0 radical (unpaired) electrons. The van der Waals surface area contributed by atoms with Crippen molar-refractivity contribution in [2.45, 2.75) is 45.3 Å². The average molecular weight is 200 g/mol. The van der Waals surface area contributed by atoms with E-state index in [4.69, 9.17) is 4.74 Å². The summed E-state index contributed by atoms with van der Waals surface area (Å²) < 4.78 is 5.61. The molecule has 0 spiro atoms. The maximum atomic E-state index is 5.61. The second kappa shape index (κ2) is 7.21. The van der Waals surface area contributed by atoms with Gasteiger partial charge in [0.05, 0.1) is 6.10 Å². The molecule has 1 rings (SSSR count). The van der Waals surface area contributed by atoms with Crippen LogP contribution in [0.3, 0.4) is 0 Å². The van der Waals surface area contributed by atoms with Gasteiger partial charge in [-0.15, -0.1) is 0 Å². The van der Waals surface area contributed by atoms with Crippen LogP contribution in [-0.4, -0.2) is 38.4 Å². The Morgan fingerprint density at radius 3 is 2.86 bits per heavy atom. The van der Waals surface area contributed by atoms with Gasteiger partial charge in [-0.25, -0.2) is 0 Å². The molecule has 0 aromatic carbocycles. The summed E-state index contributed by atoms with van der Waals surface area (Å²) >= 11 is 0. The zero-order valence-corrected chi connectivity index (χ0v) is 9.51. The van der Waals surface area contributed by atoms with Gasteiger partial charge in [-0.1, -0.05) is 6.92 Å². The summed E-state index contributed by atoms with van der Waals surface area (Å²) in [7, 11) is 0. The van der Waals surface area contributed by atoms with E-state index in [2.05, 4.69) is 24.5 Å². The van der Waals surface area contributed by atoms with E-state index in [9.17, 15) is 0 Å². The van der Waals surface area contributed by atoms with Gasteiger partial charge >= 0.3 is 0 Å². The Morgan fingerprint density at radius 1 is 1.36 bits per heavy atom. The molecule has 14 heavy (non-hydrogen) atoms. The number of hydrogen-bond donors (Lipinski definition) is 2. The predicted octanol–water partition coefficient (Wildman–Crippen LogP) is 1.14. The first-order valence-corrected chi connectivity index (χ1v) is 5.90. The van der Waals surface area contributed by atoms with Gasteiger partial charge in [0.2, 0.25) is 0 Å². The third-order valence-electron chi connectivity index (χ3n) is 2.72. The average Bonchev–Trinajstić information content (AvgIpc) is 2.70. The summed E-state index contributed by atoms with van der Waals surface area (Å²) in [5, 5.41) is 6.87. The normalized spacial score (nSPS) is 24.0. The lowest BCUT2D eigenvalue weighted by atomic mass is 10.1. The highest BCUT2D eigenvalue weighted by molar-refractivity contribution is 4.76. The number of nitrogens with one attached hydrogen (secondary N) is 2. The highest BCUT2D eigenvalue weighted by Gasteiger charge is 2.21. The van der Waals surface area contributed by atoms with Gasteiger partial charge in [-0.05, 0) is 32.7 Å². The molecule has 3 heteroatoms. The van der Waals surface area contributed by atoms with Crippen LogP contribution in [0, 0.1) is 0 Å². The van der Waals surface area contributed by atoms with E-state index in [1.807, 2.05) is 0 Å². The van der Waals surface area contributed by atoms with E-state index < -0.39 is 0 Å². The van der Waals surface area contributed by atoms with Crippen LogP contribution in [0.5, 0.6) is 0 Å². The van der Waals surface area contributed by atoms with E-state index in [0.717, 1.165) is 26.2 Å². The topological polar surface area (TPSA) is 33.3 Å². The SMILES string of the molecule is CCCNCCNC(C)C1CCCO1. The van der Waals surface area contributed by atoms with Crippen LogP contribution < -0.4 is 10.6 Å². The van der Waals surface area contributed by atoms with Crippen LogP contribution in [0.4, 0.5) is 0 Å². The maximum absolute atomic E-state index is 5.61. The van der Waals surface area contributed by atoms with E-state index in [1.54, 1.807) is 0 Å². The number of hydrogen-bond acceptors (Lipinski definition) is 3. The van der Waals surface area contributed by atoms with E-state index >= 15 is 0 Å². The number of ether oxygens (including phenoxy) is 1. The van der Waals surface area contributed by atoms with E-state index in [-0.39, 0.29) is 0 Å². The van der Waals surface area contributed by atoms with Crippen molar-refractivity contribution in [2.75, 3.05) is 26.2 Å². The highest BCUT2D eigenvalue weighted by atomic mass is 16.5. The van der Waals surface area contributed by atoms with E-state index in [0.29, 0.717) is 12.1 Å². The first-order valence-electron chi connectivity index (χ1n) is 5.90. The molecule has 0 bridgehead atoms.